The highest BCUT2D eigenvalue weighted by Crippen LogP contribution is 2.33. The fourth-order valence-electron chi connectivity index (χ4n) is 4.27. The van der Waals surface area contributed by atoms with Gasteiger partial charge in [-0.1, -0.05) is 11.6 Å². The lowest BCUT2D eigenvalue weighted by molar-refractivity contribution is -0.130. The Hall–Kier alpha value is -2.95. The molecule has 3 atom stereocenters. The van der Waals surface area contributed by atoms with Crippen LogP contribution in [0.1, 0.15) is 36.3 Å². The zero-order valence-electron chi connectivity index (χ0n) is 19.8. The number of morpholine rings is 1. The summed E-state index contributed by atoms with van der Waals surface area (Å²) in [6, 6.07) is 6.04. The van der Waals surface area contributed by atoms with E-state index in [0.717, 1.165) is 0 Å². The van der Waals surface area contributed by atoms with Gasteiger partial charge in [0.05, 0.1) is 50.2 Å². The van der Waals surface area contributed by atoms with E-state index in [-0.39, 0.29) is 30.6 Å². The third-order valence-corrected chi connectivity index (χ3v) is 6.09. The van der Waals surface area contributed by atoms with E-state index in [9.17, 15) is 14.3 Å². The quantitative estimate of drug-likeness (QED) is 0.474. The van der Waals surface area contributed by atoms with Gasteiger partial charge in [0.1, 0.15) is 12.2 Å². The first kappa shape index (κ1) is 25.2. The Labute approximate surface area is 207 Å². The van der Waals surface area contributed by atoms with Crippen molar-refractivity contribution in [1.82, 2.24) is 14.9 Å². The van der Waals surface area contributed by atoms with Gasteiger partial charge in [-0.05, 0) is 38.1 Å². The molecule has 11 heteroatoms. The summed E-state index contributed by atoms with van der Waals surface area (Å²) >= 11 is 6.00. The number of halogens is 2. The van der Waals surface area contributed by atoms with Gasteiger partial charge in [0, 0.05) is 23.2 Å². The van der Waals surface area contributed by atoms with Crippen molar-refractivity contribution in [2.75, 3.05) is 32.3 Å². The van der Waals surface area contributed by atoms with Crippen LogP contribution >= 0.6 is 11.6 Å². The second-order valence-electron chi connectivity index (χ2n) is 8.92. The van der Waals surface area contributed by atoms with Gasteiger partial charge in [-0.15, -0.1) is 0 Å². The van der Waals surface area contributed by atoms with E-state index < -0.39 is 24.4 Å². The fraction of sp³-hybridized carbons (Fsp3) is 0.458. The molecule has 188 valence electrons. The molecule has 2 N–H and O–H groups in total. The zero-order chi connectivity index (χ0) is 25.2. The summed E-state index contributed by atoms with van der Waals surface area (Å²) in [5.74, 6) is -0.0577. The Morgan fingerprint density at radius 1 is 1.46 bits per heavy atom. The molecule has 3 unspecified atom stereocenters. The summed E-state index contributed by atoms with van der Waals surface area (Å²) in [7, 11) is 1.47. The molecule has 2 aromatic heterocycles. The van der Waals surface area contributed by atoms with Gasteiger partial charge in [0.25, 0.3) is 11.9 Å². The van der Waals surface area contributed by atoms with Gasteiger partial charge in [-0.3, -0.25) is 9.78 Å². The largest absolute Gasteiger partial charge is 0.493 e. The maximum atomic E-state index is 13.8. The maximum absolute atomic E-state index is 13.8. The molecule has 3 heterocycles. The van der Waals surface area contributed by atoms with Crippen molar-refractivity contribution in [3.05, 3.63) is 46.7 Å². The normalized spacial score (nSPS) is 21.2. The molecule has 9 nitrogen and oxygen atoms in total. The van der Waals surface area contributed by atoms with Gasteiger partial charge >= 0.3 is 0 Å². The third kappa shape index (κ3) is 5.66. The van der Waals surface area contributed by atoms with E-state index in [1.165, 1.54) is 12.0 Å². The van der Waals surface area contributed by atoms with Crippen molar-refractivity contribution < 1.29 is 28.2 Å². The Bertz CT molecular complexity index is 1210. The average molecular weight is 507 g/mol. The van der Waals surface area contributed by atoms with Gasteiger partial charge in [-0.25, -0.2) is 4.39 Å². The number of pyridine rings is 1. The minimum atomic E-state index is -0.789. The molecule has 3 aromatic rings. The fourth-order valence-corrected chi connectivity index (χ4v) is 4.45. The number of carbonyl (C=O) groups is 1. The average Bonchev–Trinajstić information content (AvgIpc) is 3.24. The smallest absolute Gasteiger partial charge is 0.296 e. The van der Waals surface area contributed by atoms with Crippen LogP contribution in [0.3, 0.4) is 0 Å². The number of aromatic nitrogens is 2. The number of alkyl halides is 1. The number of carbonyl (C=O) groups excluding carboxylic acids is 1. The second-order valence-corrected chi connectivity index (χ2v) is 9.36. The molecule has 1 saturated heterocycles. The van der Waals surface area contributed by atoms with Crippen LogP contribution in [0.25, 0.3) is 11.1 Å². The second kappa shape index (κ2) is 10.3. The predicted octanol–water partition coefficient (Wildman–Crippen LogP) is 3.84. The first-order valence-electron chi connectivity index (χ1n) is 11.2. The van der Waals surface area contributed by atoms with Crippen molar-refractivity contribution in [2.45, 2.75) is 44.6 Å². The van der Waals surface area contributed by atoms with Crippen LogP contribution in [-0.4, -0.2) is 70.6 Å². The first-order valence-corrected chi connectivity index (χ1v) is 11.6. The SMILES string of the molecule is COc1cc(C(=O)N2CC(C)(CC(C)O)OCC2CF)cc2nc(NCc3cc(Cl)ccn3)oc12. The number of nitrogens with one attached hydrogen (secondary N) is 1. The van der Waals surface area contributed by atoms with Gasteiger partial charge in [-0.2, -0.15) is 4.98 Å². The molecule has 35 heavy (non-hydrogen) atoms. The van der Waals surface area contributed by atoms with E-state index >= 15 is 0 Å². The number of anilines is 1. The predicted molar refractivity (Wildman–Crippen MR) is 129 cm³/mol. The minimum Gasteiger partial charge on any atom is -0.493 e. The van der Waals surface area contributed by atoms with Crippen molar-refractivity contribution in [3.8, 4) is 5.75 Å². The number of hydrogen-bond donors (Lipinski definition) is 2. The summed E-state index contributed by atoms with van der Waals surface area (Å²) in [6.07, 6.45) is 1.30. The lowest BCUT2D eigenvalue weighted by atomic mass is 9.94. The lowest BCUT2D eigenvalue weighted by Crippen LogP contribution is -2.58. The van der Waals surface area contributed by atoms with Crippen molar-refractivity contribution >= 4 is 34.6 Å². The number of amides is 1. The van der Waals surface area contributed by atoms with E-state index in [1.54, 1.807) is 37.4 Å². The summed E-state index contributed by atoms with van der Waals surface area (Å²) in [5.41, 5.74) is 0.973. The molecular weight excluding hydrogens is 479 g/mol. The summed E-state index contributed by atoms with van der Waals surface area (Å²) in [5, 5.41) is 13.5. The molecule has 0 spiro atoms. The summed E-state index contributed by atoms with van der Waals surface area (Å²) in [6.45, 7) is 3.23. The van der Waals surface area contributed by atoms with Crippen molar-refractivity contribution in [3.63, 3.8) is 0 Å². The number of aliphatic hydroxyl groups is 1. The van der Waals surface area contributed by atoms with Crippen LogP contribution in [0.2, 0.25) is 5.02 Å². The number of nitrogens with zero attached hydrogens (tertiary/aromatic N) is 3. The monoisotopic (exact) mass is 506 g/mol. The molecule has 0 aliphatic carbocycles. The summed E-state index contributed by atoms with van der Waals surface area (Å²) < 4.78 is 30.8. The van der Waals surface area contributed by atoms with Crippen molar-refractivity contribution in [1.29, 1.82) is 0 Å². The molecular formula is C24H28ClFN4O5. The molecule has 1 amide bonds. The highest BCUT2D eigenvalue weighted by Gasteiger charge is 2.40. The molecule has 1 aliphatic rings. The molecule has 4 rings (SSSR count). The van der Waals surface area contributed by atoms with Crippen LogP contribution in [0.4, 0.5) is 10.4 Å². The molecule has 0 bridgehead atoms. The topological polar surface area (TPSA) is 110 Å². The highest BCUT2D eigenvalue weighted by molar-refractivity contribution is 6.30. The van der Waals surface area contributed by atoms with E-state index in [4.69, 9.17) is 25.5 Å². The van der Waals surface area contributed by atoms with Gasteiger partial charge < -0.3 is 29.2 Å². The zero-order valence-corrected chi connectivity index (χ0v) is 20.5. The Kier molecular flexibility index (Phi) is 7.44. The molecule has 0 radical (unpaired) electrons. The number of methoxy groups -OCH3 is 1. The Morgan fingerprint density at radius 3 is 2.94 bits per heavy atom. The van der Waals surface area contributed by atoms with Crippen LogP contribution in [0, 0.1) is 0 Å². The molecule has 1 aliphatic heterocycles. The number of fused-ring (bicyclic) bond motifs is 1. The van der Waals surface area contributed by atoms with Crippen LogP contribution < -0.4 is 10.1 Å². The number of hydrogen-bond acceptors (Lipinski definition) is 8. The number of aliphatic hydroxyl groups excluding tert-OH is 1. The third-order valence-electron chi connectivity index (χ3n) is 5.86. The molecule has 1 aromatic carbocycles. The number of oxazole rings is 1. The van der Waals surface area contributed by atoms with Crippen LogP contribution in [0.15, 0.2) is 34.9 Å². The minimum absolute atomic E-state index is 0.0421. The van der Waals surface area contributed by atoms with E-state index in [1.807, 2.05) is 6.92 Å². The first-order chi connectivity index (χ1) is 16.7. The van der Waals surface area contributed by atoms with E-state index in [0.29, 0.717) is 40.5 Å². The summed E-state index contributed by atoms with van der Waals surface area (Å²) in [4.78, 5) is 23.6. The van der Waals surface area contributed by atoms with Gasteiger partial charge in [0.15, 0.2) is 11.3 Å². The number of rotatable bonds is 8. The molecule has 1 fully saturated rings. The van der Waals surface area contributed by atoms with E-state index in [2.05, 4.69) is 15.3 Å². The standard InChI is InChI=1S/C24H28ClFN4O5/c1-14(31)9-24(2)13-30(18(10-26)12-34-24)22(32)15-6-19-21(20(7-15)33-3)35-23(29-19)28-11-17-8-16(25)4-5-27-17/h4-8,14,18,31H,9-13H2,1-3H3,(H,28,29). The maximum Gasteiger partial charge on any atom is 0.296 e. The lowest BCUT2D eigenvalue weighted by Gasteiger charge is -2.45. The molecule has 0 saturated carbocycles. The van der Waals surface area contributed by atoms with Crippen LogP contribution in [-0.2, 0) is 11.3 Å². The van der Waals surface area contributed by atoms with Gasteiger partial charge in [0.2, 0.25) is 0 Å². The highest BCUT2D eigenvalue weighted by atomic mass is 35.5. The number of ether oxygens (including phenoxy) is 2. The Morgan fingerprint density at radius 2 is 2.26 bits per heavy atom. The Balaban J connectivity index is 1.59. The number of benzene rings is 1. The van der Waals surface area contributed by atoms with Crippen molar-refractivity contribution in [2.24, 2.45) is 0 Å². The van der Waals surface area contributed by atoms with Crippen LogP contribution in [0.5, 0.6) is 5.75 Å².